The molecule has 2 aromatic rings. The third-order valence-electron chi connectivity index (χ3n) is 2.35. The van der Waals surface area contributed by atoms with Crippen molar-refractivity contribution >= 4 is 11.6 Å². The van der Waals surface area contributed by atoms with Crippen molar-refractivity contribution in [2.45, 2.75) is 6.18 Å². The van der Waals surface area contributed by atoms with E-state index in [1.807, 2.05) is 0 Å². The zero-order chi connectivity index (χ0) is 13.3. The number of halogens is 4. The van der Waals surface area contributed by atoms with Crippen LogP contribution in [0.5, 0.6) is 0 Å². The molecule has 0 atom stereocenters. The average Bonchev–Trinajstić information content (AvgIpc) is 2.29. The Bertz CT molecular complexity index is 634. The van der Waals surface area contributed by atoms with E-state index in [4.69, 9.17) is 11.6 Å². The molecule has 0 bridgehead atoms. The predicted octanol–water partition coefficient (Wildman–Crippen LogP) is 3.51. The smallest absolute Gasteiger partial charge is 0.282 e. The Labute approximate surface area is 105 Å². The fourth-order valence-electron chi connectivity index (χ4n) is 1.49. The molecule has 0 radical (unpaired) electrons. The van der Waals surface area contributed by atoms with E-state index < -0.39 is 17.3 Å². The lowest BCUT2D eigenvalue weighted by Gasteiger charge is -2.11. The Morgan fingerprint density at radius 2 is 1.72 bits per heavy atom. The molecule has 0 aliphatic heterocycles. The first-order valence-corrected chi connectivity index (χ1v) is 5.32. The van der Waals surface area contributed by atoms with Crippen molar-refractivity contribution in [3.05, 3.63) is 63.5 Å². The van der Waals surface area contributed by atoms with Gasteiger partial charge in [0.05, 0.1) is 16.3 Å². The van der Waals surface area contributed by atoms with Gasteiger partial charge in [-0.3, -0.25) is 9.36 Å². The molecule has 1 aromatic carbocycles. The first kappa shape index (κ1) is 12.7. The van der Waals surface area contributed by atoms with Crippen LogP contribution >= 0.6 is 11.6 Å². The highest BCUT2D eigenvalue weighted by Crippen LogP contribution is 2.29. The van der Waals surface area contributed by atoms with Gasteiger partial charge in [-0.15, -0.1) is 0 Å². The summed E-state index contributed by atoms with van der Waals surface area (Å²) < 4.78 is 38.6. The molecule has 6 heteroatoms. The monoisotopic (exact) mass is 273 g/mol. The van der Waals surface area contributed by atoms with Gasteiger partial charge in [-0.1, -0.05) is 23.7 Å². The minimum atomic E-state index is -4.50. The highest BCUT2D eigenvalue weighted by Gasteiger charge is 2.31. The van der Waals surface area contributed by atoms with Crippen LogP contribution < -0.4 is 5.56 Å². The predicted molar refractivity (Wildman–Crippen MR) is 62.1 cm³/mol. The van der Waals surface area contributed by atoms with Crippen molar-refractivity contribution in [1.29, 1.82) is 0 Å². The van der Waals surface area contributed by atoms with Crippen molar-refractivity contribution in [2.24, 2.45) is 0 Å². The molecule has 2 rings (SSSR count). The zero-order valence-electron chi connectivity index (χ0n) is 8.91. The summed E-state index contributed by atoms with van der Waals surface area (Å²) in [6.45, 7) is 0. The number of pyridine rings is 1. The summed E-state index contributed by atoms with van der Waals surface area (Å²) in [5.74, 6) is 0. The summed E-state index contributed by atoms with van der Waals surface area (Å²) in [5.41, 5.74) is -1.26. The molecule has 0 saturated carbocycles. The van der Waals surface area contributed by atoms with Crippen LogP contribution in [0.1, 0.15) is 5.56 Å². The van der Waals surface area contributed by atoms with Gasteiger partial charge in [0.15, 0.2) is 0 Å². The third-order valence-corrected chi connectivity index (χ3v) is 2.67. The van der Waals surface area contributed by atoms with Gasteiger partial charge in [-0.05, 0) is 18.2 Å². The number of alkyl halides is 3. The number of benzene rings is 1. The maximum atomic E-state index is 12.6. The molecular weight excluding hydrogens is 267 g/mol. The molecule has 0 fully saturated rings. The maximum Gasteiger partial charge on any atom is 0.417 e. The van der Waals surface area contributed by atoms with Crippen LogP contribution in [0.3, 0.4) is 0 Å². The third kappa shape index (κ3) is 2.41. The van der Waals surface area contributed by atoms with Gasteiger partial charge in [0.2, 0.25) is 0 Å². The SMILES string of the molecule is O=c1ccc(C(F)(F)F)cn1-c1ccccc1Cl. The van der Waals surface area contributed by atoms with E-state index in [0.717, 1.165) is 22.9 Å². The zero-order valence-corrected chi connectivity index (χ0v) is 9.66. The molecular formula is C12H7ClF3NO. The molecule has 2 nitrogen and oxygen atoms in total. The van der Waals surface area contributed by atoms with Crippen LogP contribution in [0.25, 0.3) is 5.69 Å². The molecule has 0 unspecified atom stereocenters. The van der Waals surface area contributed by atoms with Gasteiger partial charge in [-0.2, -0.15) is 13.2 Å². The Morgan fingerprint density at radius 1 is 1.06 bits per heavy atom. The molecule has 1 aromatic heterocycles. The summed E-state index contributed by atoms with van der Waals surface area (Å²) >= 11 is 5.86. The second-order valence-corrected chi connectivity index (χ2v) is 3.98. The van der Waals surface area contributed by atoms with Crippen LogP contribution in [0, 0.1) is 0 Å². The van der Waals surface area contributed by atoms with Crippen molar-refractivity contribution in [3.8, 4) is 5.69 Å². The highest BCUT2D eigenvalue weighted by molar-refractivity contribution is 6.32. The molecule has 18 heavy (non-hydrogen) atoms. The normalized spacial score (nSPS) is 11.6. The van der Waals surface area contributed by atoms with Crippen LogP contribution in [0.15, 0.2) is 47.4 Å². The minimum absolute atomic E-state index is 0.207. The standard InChI is InChI=1S/C12H7ClF3NO/c13-9-3-1-2-4-10(9)17-7-8(12(14,15)16)5-6-11(17)18/h1-7H. The van der Waals surface area contributed by atoms with E-state index >= 15 is 0 Å². The maximum absolute atomic E-state index is 12.6. The van der Waals surface area contributed by atoms with E-state index in [2.05, 4.69) is 0 Å². The fourth-order valence-corrected chi connectivity index (χ4v) is 1.72. The van der Waals surface area contributed by atoms with E-state index in [1.165, 1.54) is 12.1 Å². The van der Waals surface area contributed by atoms with E-state index in [9.17, 15) is 18.0 Å². The Kier molecular flexibility index (Phi) is 3.17. The molecule has 1 heterocycles. The van der Waals surface area contributed by atoms with Crippen LogP contribution in [-0.4, -0.2) is 4.57 Å². The molecule has 0 spiro atoms. The molecule has 94 valence electrons. The number of nitrogens with zero attached hydrogens (tertiary/aromatic N) is 1. The molecule has 0 saturated heterocycles. The summed E-state index contributed by atoms with van der Waals surface area (Å²) in [5, 5.41) is 0.207. The first-order valence-electron chi connectivity index (χ1n) is 4.94. The quantitative estimate of drug-likeness (QED) is 0.779. The minimum Gasteiger partial charge on any atom is -0.282 e. The lowest BCUT2D eigenvalue weighted by atomic mass is 10.2. The topological polar surface area (TPSA) is 22.0 Å². The van der Waals surface area contributed by atoms with E-state index in [0.29, 0.717) is 0 Å². The Balaban J connectivity index is 2.65. The van der Waals surface area contributed by atoms with Crippen molar-refractivity contribution in [2.75, 3.05) is 0 Å². The number of para-hydroxylation sites is 1. The molecule has 0 aliphatic rings. The van der Waals surface area contributed by atoms with Gasteiger partial charge in [-0.25, -0.2) is 0 Å². The number of hydrogen-bond acceptors (Lipinski definition) is 1. The number of hydrogen-bond donors (Lipinski definition) is 0. The van der Waals surface area contributed by atoms with Gasteiger partial charge in [0.25, 0.3) is 5.56 Å². The second kappa shape index (κ2) is 4.49. The lowest BCUT2D eigenvalue weighted by Crippen LogP contribution is -2.20. The molecule has 0 amide bonds. The summed E-state index contributed by atoms with van der Waals surface area (Å²) in [7, 11) is 0. The van der Waals surface area contributed by atoms with E-state index in [-0.39, 0.29) is 10.7 Å². The van der Waals surface area contributed by atoms with Crippen molar-refractivity contribution in [3.63, 3.8) is 0 Å². The van der Waals surface area contributed by atoms with Crippen LogP contribution in [-0.2, 0) is 6.18 Å². The number of aromatic nitrogens is 1. The Morgan fingerprint density at radius 3 is 2.33 bits per heavy atom. The summed E-state index contributed by atoms with van der Waals surface area (Å²) in [6.07, 6.45) is -3.76. The highest BCUT2D eigenvalue weighted by atomic mass is 35.5. The fraction of sp³-hybridized carbons (Fsp3) is 0.0833. The second-order valence-electron chi connectivity index (χ2n) is 3.58. The summed E-state index contributed by atoms with van der Waals surface area (Å²) in [6, 6.07) is 7.81. The van der Waals surface area contributed by atoms with Crippen molar-refractivity contribution < 1.29 is 13.2 Å². The lowest BCUT2D eigenvalue weighted by molar-refractivity contribution is -0.138. The molecule has 0 N–H and O–H groups in total. The van der Waals surface area contributed by atoms with Gasteiger partial charge >= 0.3 is 6.18 Å². The first-order chi connectivity index (χ1) is 8.39. The van der Waals surface area contributed by atoms with Crippen molar-refractivity contribution in [1.82, 2.24) is 4.57 Å². The number of rotatable bonds is 1. The summed E-state index contributed by atoms with van der Waals surface area (Å²) in [4.78, 5) is 11.6. The van der Waals surface area contributed by atoms with Gasteiger partial charge in [0.1, 0.15) is 0 Å². The van der Waals surface area contributed by atoms with E-state index in [1.54, 1.807) is 12.1 Å². The Hall–Kier alpha value is -1.75. The van der Waals surface area contributed by atoms with Gasteiger partial charge < -0.3 is 0 Å². The van der Waals surface area contributed by atoms with Gasteiger partial charge in [0, 0.05) is 12.3 Å². The van der Waals surface area contributed by atoms with Crippen LogP contribution in [0.2, 0.25) is 5.02 Å². The molecule has 0 aliphatic carbocycles. The van der Waals surface area contributed by atoms with Crippen LogP contribution in [0.4, 0.5) is 13.2 Å². The average molecular weight is 274 g/mol. The largest absolute Gasteiger partial charge is 0.417 e.